The van der Waals surface area contributed by atoms with Crippen LogP contribution in [0, 0.1) is 0 Å². The van der Waals surface area contributed by atoms with Crippen molar-refractivity contribution in [1.29, 1.82) is 0 Å². The number of rotatable bonds is 5. The van der Waals surface area contributed by atoms with Crippen LogP contribution in [0.25, 0.3) is 0 Å². The quantitative estimate of drug-likeness (QED) is 0.417. The number of hydrogen-bond acceptors (Lipinski definition) is 3. The molecule has 1 amide bonds. The van der Waals surface area contributed by atoms with Crippen molar-refractivity contribution in [2.45, 2.75) is 27.3 Å². The van der Waals surface area contributed by atoms with Gasteiger partial charge < -0.3 is 19.9 Å². The molecule has 0 aliphatic carbocycles. The molecule has 1 N–H and O–H groups in total. The summed E-state index contributed by atoms with van der Waals surface area (Å²) in [5.74, 6) is 1.93. The summed E-state index contributed by atoms with van der Waals surface area (Å²) >= 11 is 0. The molecule has 0 radical (unpaired) electrons. The predicted molar refractivity (Wildman–Crippen MR) is 112 cm³/mol. The Hall–Kier alpha value is -1.51. The number of halogens is 1. The maximum atomic E-state index is 11.5. The molecule has 2 rings (SSSR count). The Balaban J connectivity index is 0.00000312. The van der Waals surface area contributed by atoms with E-state index in [9.17, 15) is 4.79 Å². The summed E-state index contributed by atoms with van der Waals surface area (Å²) in [6.45, 7) is 10.8. The average Bonchev–Trinajstić information content (AvgIpc) is 2.60. The van der Waals surface area contributed by atoms with Gasteiger partial charge in [-0.2, -0.15) is 0 Å². The minimum atomic E-state index is 0. The van der Waals surface area contributed by atoms with Crippen LogP contribution in [-0.4, -0.2) is 61.0 Å². The number of ether oxygens (including phenoxy) is 1. The molecule has 1 aliphatic heterocycles. The maximum Gasteiger partial charge on any atom is 0.219 e. The summed E-state index contributed by atoms with van der Waals surface area (Å²) in [5.41, 5.74) is 1.08. The van der Waals surface area contributed by atoms with Gasteiger partial charge in [-0.15, -0.1) is 24.0 Å². The van der Waals surface area contributed by atoms with Gasteiger partial charge in [0.2, 0.25) is 5.91 Å². The molecule has 0 atom stereocenters. The van der Waals surface area contributed by atoms with E-state index in [1.165, 1.54) is 0 Å². The summed E-state index contributed by atoms with van der Waals surface area (Å²) in [6.07, 6.45) is 0. The van der Waals surface area contributed by atoms with E-state index >= 15 is 0 Å². The van der Waals surface area contributed by atoms with Crippen LogP contribution >= 0.6 is 24.0 Å². The molecule has 6 nitrogen and oxygen atoms in total. The van der Waals surface area contributed by atoms with E-state index in [1.807, 2.05) is 36.1 Å². The number of carbonyl (C=O) groups is 1. The highest BCUT2D eigenvalue weighted by Gasteiger charge is 2.20. The first-order valence-electron chi connectivity index (χ1n) is 8.65. The van der Waals surface area contributed by atoms with Gasteiger partial charge in [-0.25, -0.2) is 4.99 Å². The van der Waals surface area contributed by atoms with Crippen molar-refractivity contribution < 1.29 is 9.53 Å². The number of nitrogens with one attached hydrogen (secondary N) is 1. The highest BCUT2D eigenvalue weighted by atomic mass is 127. The van der Waals surface area contributed by atoms with E-state index < -0.39 is 0 Å². The fraction of sp³-hybridized carbons (Fsp3) is 0.556. The number of hydrogen-bond donors (Lipinski definition) is 1. The summed E-state index contributed by atoms with van der Waals surface area (Å²) in [6, 6.07) is 8.01. The second-order valence-corrected chi connectivity index (χ2v) is 5.70. The fourth-order valence-electron chi connectivity index (χ4n) is 2.75. The number of carbonyl (C=O) groups excluding carboxylic acids is 1. The Morgan fingerprint density at radius 1 is 1.16 bits per heavy atom. The normalized spacial score (nSPS) is 14.8. The molecule has 1 aromatic carbocycles. The monoisotopic (exact) mass is 460 g/mol. The summed E-state index contributed by atoms with van der Waals surface area (Å²) in [4.78, 5) is 20.3. The van der Waals surface area contributed by atoms with Crippen molar-refractivity contribution in [3.8, 4) is 5.75 Å². The SMILES string of the molecule is CCNC(=NCc1ccccc1OCC)N1CCN(C(C)=O)CC1.I. The molecule has 1 heterocycles. The second kappa shape index (κ2) is 11.2. The van der Waals surface area contributed by atoms with Gasteiger partial charge in [-0.05, 0) is 19.9 Å². The average molecular weight is 460 g/mol. The molecular formula is C18H29IN4O2. The molecule has 0 unspecified atom stereocenters. The van der Waals surface area contributed by atoms with Crippen LogP contribution < -0.4 is 10.1 Å². The predicted octanol–water partition coefficient (Wildman–Crippen LogP) is 2.33. The lowest BCUT2D eigenvalue weighted by Gasteiger charge is -2.36. The number of nitrogens with zero attached hydrogens (tertiary/aromatic N) is 3. The van der Waals surface area contributed by atoms with Crippen LogP contribution in [0.2, 0.25) is 0 Å². The van der Waals surface area contributed by atoms with Crippen LogP contribution in [0.4, 0.5) is 0 Å². The maximum absolute atomic E-state index is 11.5. The van der Waals surface area contributed by atoms with Gasteiger partial charge in [0.15, 0.2) is 5.96 Å². The minimum Gasteiger partial charge on any atom is -0.494 e. The first-order chi connectivity index (χ1) is 11.7. The third-order valence-corrected chi connectivity index (χ3v) is 4.03. The molecule has 7 heteroatoms. The van der Waals surface area contributed by atoms with Crippen molar-refractivity contribution >= 4 is 35.8 Å². The molecule has 1 aromatic rings. The lowest BCUT2D eigenvalue weighted by Crippen LogP contribution is -2.53. The summed E-state index contributed by atoms with van der Waals surface area (Å²) in [5, 5.41) is 3.35. The van der Waals surface area contributed by atoms with E-state index in [4.69, 9.17) is 9.73 Å². The van der Waals surface area contributed by atoms with Gasteiger partial charge in [-0.3, -0.25) is 4.79 Å². The lowest BCUT2D eigenvalue weighted by molar-refractivity contribution is -0.130. The molecule has 0 saturated carbocycles. The van der Waals surface area contributed by atoms with Gasteiger partial charge in [-0.1, -0.05) is 18.2 Å². The van der Waals surface area contributed by atoms with Crippen LogP contribution in [0.15, 0.2) is 29.3 Å². The van der Waals surface area contributed by atoms with Gasteiger partial charge in [0, 0.05) is 45.2 Å². The Bertz CT molecular complexity index is 572. The van der Waals surface area contributed by atoms with Crippen molar-refractivity contribution in [3.05, 3.63) is 29.8 Å². The molecule has 1 fully saturated rings. The van der Waals surface area contributed by atoms with Gasteiger partial charge >= 0.3 is 0 Å². The Morgan fingerprint density at radius 3 is 2.40 bits per heavy atom. The molecule has 0 spiro atoms. The van der Waals surface area contributed by atoms with Crippen LogP contribution in [0.1, 0.15) is 26.3 Å². The molecule has 25 heavy (non-hydrogen) atoms. The van der Waals surface area contributed by atoms with E-state index in [-0.39, 0.29) is 29.9 Å². The Morgan fingerprint density at radius 2 is 1.80 bits per heavy atom. The van der Waals surface area contributed by atoms with Gasteiger partial charge in [0.1, 0.15) is 5.75 Å². The van der Waals surface area contributed by atoms with E-state index in [1.54, 1.807) is 6.92 Å². The largest absolute Gasteiger partial charge is 0.494 e. The first-order valence-corrected chi connectivity index (χ1v) is 8.65. The second-order valence-electron chi connectivity index (χ2n) is 5.70. The minimum absolute atomic E-state index is 0. The zero-order chi connectivity index (χ0) is 17.4. The zero-order valence-electron chi connectivity index (χ0n) is 15.3. The number of amides is 1. The number of guanidine groups is 1. The van der Waals surface area contributed by atoms with E-state index in [2.05, 4.69) is 17.1 Å². The van der Waals surface area contributed by atoms with Crippen molar-refractivity contribution in [3.63, 3.8) is 0 Å². The first kappa shape index (κ1) is 21.5. The highest BCUT2D eigenvalue weighted by molar-refractivity contribution is 14.0. The van der Waals surface area contributed by atoms with Crippen molar-refractivity contribution in [2.75, 3.05) is 39.3 Å². The molecule has 1 saturated heterocycles. The molecule has 0 bridgehead atoms. The smallest absolute Gasteiger partial charge is 0.219 e. The van der Waals surface area contributed by atoms with E-state index in [0.717, 1.165) is 50.0 Å². The fourth-order valence-corrected chi connectivity index (χ4v) is 2.75. The third-order valence-electron chi connectivity index (χ3n) is 4.03. The lowest BCUT2D eigenvalue weighted by atomic mass is 10.2. The van der Waals surface area contributed by atoms with Crippen LogP contribution in [0.3, 0.4) is 0 Å². The van der Waals surface area contributed by atoms with Crippen LogP contribution in [-0.2, 0) is 11.3 Å². The topological polar surface area (TPSA) is 57.2 Å². The highest BCUT2D eigenvalue weighted by Crippen LogP contribution is 2.19. The van der Waals surface area contributed by atoms with E-state index in [0.29, 0.717) is 13.2 Å². The van der Waals surface area contributed by atoms with Gasteiger partial charge in [0.05, 0.1) is 13.2 Å². The van der Waals surface area contributed by atoms with Crippen molar-refractivity contribution in [2.24, 2.45) is 4.99 Å². The van der Waals surface area contributed by atoms with Gasteiger partial charge in [0.25, 0.3) is 0 Å². The number of benzene rings is 1. The standard InChI is InChI=1S/C18H28N4O2.HI/c1-4-19-18(22-12-10-21(11-13-22)15(3)23)20-14-16-8-6-7-9-17(16)24-5-2;/h6-9H,4-5,10-14H2,1-3H3,(H,19,20);1H. The third kappa shape index (κ3) is 6.37. The summed E-state index contributed by atoms with van der Waals surface area (Å²) in [7, 11) is 0. The Kier molecular flexibility index (Phi) is 9.62. The zero-order valence-corrected chi connectivity index (χ0v) is 17.7. The number of piperazine rings is 1. The van der Waals surface area contributed by atoms with Crippen LogP contribution in [0.5, 0.6) is 5.75 Å². The summed E-state index contributed by atoms with van der Waals surface area (Å²) < 4.78 is 5.67. The molecule has 1 aliphatic rings. The molecule has 0 aromatic heterocycles. The Labute approximate surface area is 167 Å². The molecule has 140 valence electrons. The molecular weight excluding hydrogens is 431 g/mol. The van der Waals surface area contributed by atoms with Crippen molar-refractivity contribution in [1.82, 2.24) is 15.1 Å². The number of aliphatic imine (C=N–C) groups is 1. The number of para-hydroxylation sites is 1.